The number of ether oxygens (including phenoxy) is 1. The molecule has 3 unspecified atom stereocenters. The highest BCUT2D eigenvalue weighted by Crippen LogP contribution is 2.28. The fourth-order valence-corrected chi connectivity index (χ4v) is 4.19. The lowest BCUT2D eigenvalue weighted by molar-refractivity contribution is -0.143. The van der Waals surface area contributed by atoms with Crippen LogP contribution in [0.2, 0.25) is 0 Å². The van der Waals surface area contributed by atoms with Crippen molar-refractivity contribution < 1.29 is 24.2 Å². The zero-order valence-electron chi connectivity index (χ0n) is 24.3. The predicted molar refractivity (Wildman–Crippen MR) is 147 cm³/mol. The maximum Gasteiger partial charge on any atom is 0.408 e. The van der Waals surface area contributed by atoms with Gasteiger partial charge in [0.05, 0.1) is 0 Å². The minimum atomic E-state index is -0.909. The third kappa shape index (κ3) is 11.0. The van der Waals surface area contributed by atoms with Crippen LogP contribution in [0.3, 0.4) is 0 Å². The molecular weight excluding hydrogens is 470 g/mol. The lowest BCUT2D eigenvalue weighted by Crippen LogP contribution is -2.54. The molecule has 0 saturated carbocycles. The van der Waals surface area contributed by atoms with Crippen LogP contribution in [0.4, 0.5) is 4.79 Å². The van der Waals surface area contributed by atoms with E-state index in [9.17, 15) is 19.5 Å². The average Bonchev–Trinajstić information content (AvgIpc) is 2.76. The van der Waals surface area contributed by atoms with Crippen LogP contribution in [0.25, 0.3) is 0 Å². The summed E-state index contributed by atoms with van der Waals surface area (Å²) in [5.41, 5.74) is 0.519. The predicted octanol–water partition coefficient (Wildman–Crippen LogP) is 5.61. The summed E-state index contributed by atoms with van der Waals surface area (Å²) >= 11 is 0. The SMILES string of the molecule is CCCCN(C(=O)C(CC(C)C)NC(=O)OC(C)(C)C)C(C(=O)NC(C)CCC)c1ccc(O)c(C)c1. The van der Waals surface area contributed by atoms with E-state index < -0.39 is 23.8 Å². The van der Waals surface area contributed by atoms with Crippen molar-refractivity contribution in [2.75, 3.05) is 6.54 Å². The monoisotopic (exact) mass is 519 g/mol. The first kappa shape index (κ1) is 32.3. The number of benzene rings is 1. The van der Waals surface area contributed by atoms with Crippen molar-refractivity contribution in [2.24, 2.45) is 5.92 Å². The van der Waals surface area contributed by atoms with E-state index in [0.29, 0.717) is 30.5 Å². The van der Waals surface area contributed by atoms with E-state index >= 15 is 0 Å². The van der Waals surface area contributed by atoms with Crippen LogP contribution in [-0.2, 0) is 14.3 Å². The Kier molecular flexibility index (Phi) is 12.9. The third-order valence-electron chi connectivity index (χ3n) is 5.94. The largest absolute Gasteiger partial charge is 0.508 e. The zero-order valence-corrected chi connectivity index (χ0v) is 24.3. The van der Waals surface area contributed by atoms with E-state index in [2.05, 4.69) is 17.6 Å². The summed E-state index contributed by atoms with van der Waals surface area (Å²) in [4.78, 5) is 42.0. The molecule has 37 heavy (non-hydrogen) atoms. The number of phenolic OH excluding ortho intramolecular Hbond substituents is 1. The van der Waals surface area contributed by atoms with Gasteiger partial charge in [-0.15, -0.1) is 0 Å². The van der Waals surface area contributed by atoms with Gasteiger partial charge in [-0.05, 0) is 83.1 Å². The number of unbranched alkanes of at least 4 members (excludes halogenated alkanes) is 1. The smallest absolute Gasteiger partial charge is 0.408 e. The topological polar surface area (TPSA) is 108 Å². The molecule has 0 aliphatic carbocycles. The number of nitrogens with zero attached hydrogens (tertiary/aromatic N) is 1. The van der Waals surface area contributed by atoms with Crippen molar-refractivity contribution in [1.29, 1.82) is 0 Å². The first-order valence-electron chi connectivity index (χ1n) is 13.6. The lowest BCUT2D eigenvalue weighted by atomic mass is 9.97. The van der Waals surface area contributed by atoms with Crippen LogP contribution in [0.5, 0.6) is 5.75 Å². The van der Waals surface area contributed by atoms with Crippen LogP contribution in [0.15, 0.2) is 18.2 Å². The second-order valence-corrected chi connectivity index (χ2v) is 11.4. The number of carbonyl (C=O) groups excluding carboxylic acids is 3. The molecule has 0 aromatic heterocycles. The van der Waals surface area contributed by atoms with E-state index in [1.165, 1.54) is 0 Å². The minimum Gasteiger partial charge on any atom is -0.508 e. The molecule has 1 aromatic rings. The molecular formula is C29H49N3O5. The molecule has 3 atom stereocenters. The Balaban J connectivity index is 3.52. The van der Waals surface area contributed by atoms with Crippen molar-refractivity contribution in [1.82, 2.24) is 15.5 Å². The van der Waals surface area contributed by atoms with Gasteiger partial charge in [0.2, 0.25) is 11.8 Å². The Bertz CT molecular complexity index is 894. The number of phenols is 1. The van der Waals surface area contributed by atoms with Gasteiger partial charge in [0, 0.05) is 12.6 Å². The Hall–Kier alpha value is -2.77. The fraction of sp³-hybridized carbons (Fsp3) is 0.690. The highest BCUT2D eigenvalue weighted by molar-refractivity contribution is 5.92. The van der Waals surface area contributed by atoms with Gasteiger partial charge < -0.3 is 25.4 Å². The fourth-order valence-electron chi connectivity index (χ4n) is 4.19. The van der Waals surface area contributed by atoms with Crippen LogP contribution in [0.1, 0.15) is 105 Å². The zero-order chi connectivity index (χ0) is 28.3. The van der Waals surface area contributed by atoms with E-state index in [0.717, 1.165) is 19.3 Å². The Morgan fingerprint density at radius 3 is 2.22 bits per heavy atom. The highest BCUT2D eigenvalue weighted by Gasteiger charge is 2.36. The summed E-state index contributed by atoms with van der Waals surface area (Å²) in [7, 11) is 0. The molecule has 8 heteroatoms. The Morgan fingerprint density at radius 1 is 1.05 bits per heavy atom. The molecule has 210 valence electrons. The lowest BCUT2D eigenvalue weighted by Gasteiger charge is -2.35. The van der Waals surface area contributed by atoms with Crippen molar-refractivity contribution in [3.05, 3.63) is 29.3 Å². The number of carbonyl (C=O) groups is 3. The van der Waals surface area contributed by atoms with Gasteiger partial charge in [-0.1, -0.05) is 46.6 Å². The second kappa shape index (κ2) is 14.8. The molecule has 0 saturated heterocycles. The molecule has 0 radical (unpaired) electrons. The number of aryl methyl sites for hydroxylation is 1. The van der Waals surface area contributed by atoms with E-state index in [1.807, 2.05) is 27.7 Å². The summed E-state index contributed by atoms with van der Waals surface area (Å²) in [6.45, 7) is 17.4. The summed E-state index contributed by atoms with van der Waals surface area (Å²) in [5, 5.41) is 15.9. The number of amides is 3. The number of rotatable bonds is 13. The van der Waals surface area contributed by atoms with Gasteiger partial charge in [0.1, 0.15) is 23.4 Å². The van der Waals surface area contributed by atoms with Crippen LogP contribution < -0.4 is 10.6 Å². The normalized spacial score (nSPS) is 14.0. The number of alkyl carbamates (subject to hydrolysis) is 1. The molecule has 8 nitrogen and oxygen atoms in total. The Labute approximate surface area is 223 Å². The van der Waals surface area contributed by atoms with Crippen molar-refractivity contribution in [3.63, 3.8) is 0 Å². The quantitative estimate of drug-likeness (QED) is 0.314. The van der Waals surface area contributed by atoms with Crippen molar-refractivity contribution >= 4 is 17.9 Å². The molecule has 1 rings (SSSR count). The van der Waals surface area contributed by atoms with Gasteiger partial charge in [-0.3, -0.25) is 9.59 Å². The summed E-state index contributed by atoms with van der Waals surface area (Å²) in [6.07, 6.45) is 2.98. The molecule has 3 amide bonds. The van der Waals surface area contributed by atoms with Gasteiger partial charge in [0.25, 0.3) is 0 Å². The summed E-state index contributed by atoms with van der Waals surface area (Å²) in [6, 6.07) is 3.15. The summed E-state index contributed by atoms with van der Waals surface area (Å²) < 4.78 is 5.43. The summed E-state index contributed by atoms with van der Waals surface area (Å²) in [5.74, 6) is -0.374. The van der Waals surface area contributed by atoms with Gasteiger partial charge in [-0.25, -0.2) is 4.79 Å². The van der Waals surface area contributed by atoms with Gasteiger partial charge in [-0.2, -0.15) is 0 Å². The van der Waals surface area contributed by atoms with E-state index in [4.69, 9.17) is 4.74 Å². The van der Waals surface area contributed by atoms with E-state index in [-0.39, 0.29) is 29.5 Å². The molecule has 3 N–H and O–H groups in total. The average molecular weight is 520 g/mol. The first-order chi connectivity index (χ1) is 17.2. The maximum absolute atomic E-state index is 14.1. The number of nitrogens with one attached hydrogen (secondary N) is 2. The molecule has 0 aliphatic rings. The van der Waals surface area contributed by atoms with Crippen molar-refractivity contribution in [3.8, 4) is 5.75 Å². The van der Waals surface area contributed by atoms with Crippen LogP contribution >= 0.6 is 0 Å². The van der Waals surface area contributed by atoms with Gasteiger partial charge >= 0.3 is 6.09 Å². The number of hydrogen-bond acceptors (Lipinski definition) is 5. The van der Waals surface area contributed by atoms with E-state index in [1.54, 1.807) is 50.8 Å². The minimum absolute atomic E-state index is 0.0623. The van der Waals surface area contributed by atoms with Crippen LogP contribution in [-0.4, -0.2) is 52.1 Å². The molecule has 0 heterocycles. The first-order valence-corrected chi connectivity index (χ1v) is 13.6. The highest BCUT2D eigenvalue weighted by atomic mass is 16.6. The maximum atomic E-state index is 14.1. The van der Waals surface area contributed by atoms with Crippen LogP contribution in [0, 0.1) is 12.8 Å². The molecule has 0 fully saturated rings. The number of aromatic hydroxyl groups is 1. The van der Waals surface area contributed by atoms with Crippen molar-refractivity contribution in [2.45, 2.75) is 118 Å². The van der Waals surface area contributed by atoms with Gasteiger partial charge in [0.15, 0.2) is 0 Å². The molecule has 1 aromatic carbocycles. The third-order valence-corrected chi connectivity index (χ3v) is 5.94. The molecule has 0 spiro atoms. The number of hydrogen-bond donors (Lipinski definition) is 3. The Morgan fingerprint density at radius 2 is 1.70 bits per heavy atom. The standard InChI is InChI=1S/C29H49N3O5/c1-10-12-16-32(27(35)23(17-19(3)4)31-28(36)37-29(7,8)9)25(26(34)30-21(6)13-11-2)22-14-15-24(33)20(5)18-22/h14-15,18-19,21,23,25,33H,10-13,16-17H2,1-9H3,(H,30,34)(H,31,36). The molecule has 0 bridgehead atoms. The second-order valence-electron chi connectivity index (χ2n) is 11.4. The molecule has 0 aliphatic heterocycles.